The lowest BCUT2D eigenvalue weighted by Gasteiger charge is -2.05. The lowest BCUT2D eigenvalue weighted by Crippen LogP contribution is -1.97. The fourth-order valence-electron chi connectivity index (χ4n) is 1.26. The van der Waals surface area contributed by atoms with Gasteiger partial charge in [-0.1, -0.05) is 17.8 Å². The molecule has 0 saturated carbocycles. The quantitative estimate of drug-likeness (QED) is 0.854. The normalized spacial score (nSPS) is 10.5. The van der Waals surface area contributed by atoms with Crippen LogP contribution in [0, 0.1) is 11.6 Å². The molecular weight excluding hydrogens is 244 g/mol. The van der Waals surface area contributed by atoms with Crippen LogP contribution in [0.25, 0.3) is 0 Å². The molecule has 6 heteroatoms. The van der Waals surface area contributed by atoms with E-state index in [1.807, 2.05) is 0 Å². The highest BCUT2D eigenvalue weighted by atomic mass is 32.2. The summed E-state index contributed by atoms with van der Waals surface area (Å²) in [7, 11) is 0. The van der Waals surface area contributed by atoms with Crippen LogP contribution in [0.1, 0.15) is 5.56 Å². The van der Waals surface area contributed by atoms with Gasteiger partial charge < -0.3 is 5.73 Å². The monoisotopic (exact) mass is 253 g/mol. The van der Waals surface area contributed by atoms with Crippen molar-refractivity contribution in [2.75, 3.05) is 5.73 Å². The average Bonchev–Trinajstić information content (AvgIpc) is 2.30. The zero-order valence-corrected chi connectivity index (χ0v) is 9.55. The summed E-state index contributed by atoms with van der Waals surface area (Å²) < 4.78 is 26.7. The number of hydrogen-bond acceptors (Lipinski definition) is 4. The Balaban J connectivity index is 2.16. The molecule has 0 atom stereocenters. The number of aromatic nitrogens is 2. The van der Waals surface area contributed by atoms with Crippen LogP contribution < -0.4 is 5.73 Å². The van der Waals surface area contributed by atoms with Crippen molar-refractivity contribution < 1.29 is 8.78 Å². The van der Waals surface area contributed by atoms with Gasteiger partial charge in [-0.3, -0.25) is 0 Å². The maximum Gasteiger partial charge on any atom is 0.156 e. The summed E-state index contributed by atoms with van der Waals surface area (Å²) in [5.74, 6) is -0.754. The molecule has 0 radical (unpaired) electrons. The van der Waals surface area contributed by atoms with E-state index < -0.39 is 11.6 Å². The van der Waals surface area contributed by atoms with Crippen molar-refractivity contribution in [2.45, 2.75) is 10.8 Å². The predicted octanol–water partition coefficient (Wildman–Crippen LogP) is 2.63. The van der Waals surface area contributed by atoms with Crippen molar-refractivity contribution in [1.29, 1.82) is 0 Å². The molecule has 0 fully saturated rings. The maximum atomic E-state index is 13.3. The Morgan fingerprint density at radius 3 is 2.41 bits per heavy atom. The van der Waals surface area contributed by atoms with Gasteiger partial charge in [0, 0.05) is 23.7 Å². The third kappa shape index (κ3) is 2.71. The third-order valence-corrected chi connectivity index (χ3v) is 3.13. The van der Waals surface area contributed by atoms with Crippen LogP contribution in [0.2, 0.25) is 0 Å². The SMILES string of the molecule is Nc1nccnc1SCc1c(F)cccc1F. The summed E-state index contributed by atoms with van der Waals surface area (Å²) in [6.07, 6.45) is 2.94. The first-order valence-corrected chi connectivity index (χ1v) is 5.79. The summed E-state index contributed by atoms with van der Waals surface area (Å²) >= 11 is 1.15. The number of nitrogens with zero attached hydrogens (tertiary/aromatic N) is 2. The van der Waals surface area contributed by atoms with E-state index in [1.165, 1.54) is 30.6 Å². The van der Waals surface area contributed by atoms with Gasteiger partial charge in [-0.05, 0) is 12.1 Å². The molecule has 0 aliphatic rings. The van der Waals surface area contributed by atoms with Crippen LogP contribution in [0.15, 0.2) is 35.6 Å². The van der Waals surface area contributed by atoms with Crippen molar-refractivity contribution in [1.82, 2.24) is 9.97 Å². The number of halogens is 2. The number of nitrogen functional groups attached to an aromatic ring is 1. The van der Waals surface area contributed by atoms with Gasteiger partial charge in [-0.2, -0.15) is 0 Å². The zero-order valence-electron chi connectivity index (χ0n) is 8.73. The van der Waals surface area contributed by atoms with Crippen LogP contribution in [-0.4, -0.2) is 9.97 Å². The number of thioether (sulfide) groups is 1. The molecule has 88 valence electrons. The number of hydrogen-bond donors (Lipinski definition) is 1. The Labute approximate surface area is 101 Å². The Kier molecular flexibility index (Phi) is 3.53. The predicted molar refractivity (Wildman–Crippen MR) is 62.4 cm³/mol. The molecule has 1 aromatic heterocycles. The van der Waals surface area contributed by atoms with E-state index in [1.54, 1.807) is 0 Å². The fourth-order valence-corrected chi connectivity index (χ4v) is 2.15. The van der Waals surface area contributed by atoms with Gasteiger partial charge in [0.05, 0.1) is 0 Å². The van der Waals surface area contributed by atoms with E-state index in [4.69, 9.17) is 5.73 Å². The van der Waals surface area contributed by atoms with Crippen LogP contribution in [0.4, 0.5) is 14.6 Å². The largest absolute Gasteiger partial charge is 0.381 e. The van der Waals surface area contributed by atoms with Gasteiger partial charge in [0.15, 0.2) is 5.82 Å². The molecule has 1 heterocycles. The smallest absolute Gasteiger partial charge is 0.156 e. The van der Waals surface area contributed by atoms with Gasteiger partial charge >= 0.3 is 0 Å². The zero-order chi connectivity index (χ0) is 12.3. The van der Waals surface area contributed by atoms with Crippen LogP contribution in [-0.2, 0) is 5.75 Å². The van der Waals surface area contributed by atoms with Crippen molar-refractivity contribution in [3.63, 3.8) is 0 Å². The average molecular weight is 253 g/mol. The minimum absolute atomic E-state index is 0.0163. The number of benzene rings is 1. The molecule has 0 spiro atoms. The molecule has 0 bridgehead atoms. The first kappa shape index (κ1) is 11.8. The first-order chi connectivity index (χ1) is 8.18. The van der Waals surface area contributed by atoms with Crippen LogP contribution >= 0.6 is 11.8 Å². The second-order valence-corrected chi connectivity index (χ2v) is 4.20. The molecule has 0 aliphatic carbocycles. The molecule has 1 aromatic carbocycles. The highest BCUT2D eigenvalue weighted by Gasteiger charge is 2.10. The fraction of sp³-hybridized carbons (Fsp3) is 0.0909. The number of nitrogens with two attached hydrogens (primary N) is 1. The molecule has 0 aliphatic heterocycles. The molecule has 2 aromatic rings. The standard InChI is InChI=1S/C11H9F2N3S/c12-8-2-1-3-9(13)7(8)6-17-11-10(14)15-4-5-16-11/h1-5H,6H2,(H2,14,15). The number of anilines is 1. The van der Waals surface area contributed by atoms with Gasteiger partial charge in [0.2, 0.25) is 0 Å². The van der Waals surface area contributed by atoms with Crippen LogP contribution in [0.5, 0.6) is 0 Å². The highest BCUT2D eigenvalue weighted by Crippen LogP contribution is 2.26. The molecule has 3 nitrogen and oxygen atoms in total. The van der Waals surface area contributed by atoms with Gasteiger partial charge in [-0.15, -0.1) is 0 Å². The third-order valence-electron chi connectivity index (χ3n) is 2.11. The first-order valence-electron chi connectivity index (χ1n) is 4.80. The summed E-state index contributed by atoms with van der Waals surface area (Å²) in [5, 5.41) is 0.468. The maximum absolute atomic E-state index is 13.3. The van der Waals surface area contributed by atoms with E-state index in [-0.39, 0.29) is 17.1 Å². The minimum Gasteiger partial charge on any atom is -0.381 e. The Morgan fingerprint density at radius 1 is 1.12 bits per heavy atom. The second kappa shape index (κ2) is 5.09. The van der Waals surface area contributed by atoms with E-state index in [2.05, 4.69) is 9.97 Å². The lowest BCUT2D eigenvalue weighted by atomic mass is 10.2. The van der Waals surface area contributed by atoms with Crippen molar-refractivity contribution in [3.05, 3.63) is 47.8 Å². The summed E-state index contributed by atoms with van der Waals surface area (Å²) in [5.41, 5.74) is 5.60. The molecule has 0 unspecified atom stereocenters. The molecule has 2 N–H and O–H groups in total. The Bertz CT molecular complexity index is 514. The summed E-state index contributed by atoms with van der Waals surface area (Å²) in [6.45, 7) is 0. The Hall–Kier alpha value is -1.69. The second-order valence-electron chi connectivity index (χ2n) is 3.24. The topological polar surface area (TPSA) is 51.8 Å². The summed E-state index contributed by atoms with van der Waals surface area (Å²) in [4.78, 5) is 7.83. The number of rotatable bonds is 3. The van der Waals surface area contributed by atoms with Crippen molar-refractivity contribution in [2.24, 2.45) is 0 Å². The van der Waals surface area contributed by atoms with E-state index >= 15 is 0 Å². The molecule has 2 rings (SSSR count). The van der Waals surface area contributed by atoms with E-state index in [0.29, 0.717) is 5.03 Å². The minimum atomic E-state index is -0.569. The van der Waals surface area contributed by atoms with Gasteiger partial charge in [0.1, 0.15) is 16.7 Å². The Morgan fingerprint density at radius 2 is 1.76 bits per heavy atom. The highest BCUT2D eigenvalue weighted by molar-refractivity contribution is 7.98. The molecular formula is C11H9F2N3S. The van der Waals surface area contributed by atoms with E-state index in [0.717, 1.165) is 11.8 Å². The van der Waals surface area contributed by atoms with Crippen LogP contribution in [0.3, 0.4) is 0 Å². The van der Waals surface area contributed by atoms with Crippen molar-refractivity contribution in [3.8, 4) is 0 Å². The lowest BCUT2D eigenvalue weighted by molar-refractivity contribution is 0.566. The van der Waals surface area contributed by atoms with Crippen molar-refractivity contribution >= 4 is 17.6 Å². The van der Waals surface area contributed by atoms with Gasteiger partial charge in [-0.25, -0.2) is 18.7 Å². The summed E-state index contributed by atoms with van der Waals surface area (Å²) in [6, 6.07) is 3.77. The van der Waals surface area contributed by atoms with Gasteiger partial charge in [0.25, 0.3) is 0 Å². The molecule has 0 saturated heterocycles. The van der Waals surface area contributed by atoms with E-state index in [9.17, 15) is 8.78 Å². The molecule has 0 amide bonds. The molecule has 17 heavy (non-hydrogen) atoms.